The maximum absolute atomic E-state index is 12.8. The number of nitrogens with zero attached hydrogens (tertiary/aromatic N) is 5. The van der Waals surface area contributed by atoms with Crippen LogP contribution in [0.15, 0.2) is 65.0 Å². The molecule has 0 saturated carbocycles. The van der Waals surface area contributed by atoms with E-state index in [9.17, 15) is 4.79 Å². The molecular formula is C20H16N6O2S. The first-order valence-corrected chi connectivity index (χ1v) is 9.82. The Bertz CT molecular complexity index is 1300. The monoisotopic (exact) mass is 404 g/mol. The van der Waals surface area contributed by atoms with E-state index in [0.29, 0.717) is 35.0 Å². The molecule has 5 aromatic rings. The number of furan rings is 1. The molecule has 0 spiro atoms. The maximum Gasteiger partial charge on any atom is 0.272 e. The molecule has 0 aromatic carbocycles. The lowest BCUT2D eigenvalue weighted by Crippen LogP contribution is -2.23. The second-order valence-electron chi connectivity index (χ2n) is 6.42. The molecule has 0 unspecified atom stereocenters. The van der Waals surface area contributed by atoms with Gasteiger partial charge in [-0.3, -0.25) is 13.8 Å². The molecule has 0 aliphatic rings. The van der Waals surface area contributed by atoms with Crippen LogP contribution < -0.4 is 5.32 Å². The average molecular weight is 404 g/mol. The number of thiazole rings is 1. The Morgan fingerprint density at radius 3 is 2.97 bits per heavy atom. The predicted molar refractivity (Wildman–Crippen MR) is 108 cm³/mol. The number of hydrogen-bond donors (Lipinski definition) is 1. The maximum atomic E-state index is 12.8. The third-order valence-electron chi connectivity index (χ3n) is 4.43. The summed E-state index contributed by atoms with van der Waals surface area (Å²) >= 11 is 1.52. The van der Waals surface area contributed by atoms with Crippen LogP contribution in [-0.4, -0.2) is 29.8 Å². The number of nitrogens with one attached hydrogen (secondary N) is 1. The molecule has 144 valence electrons. The van der Waals surface area contributed by atoms with Gasteiger partial charge in [-0.25, -0.2) is 15.0 Å². The standard InChI is InChI=1S/C20H16N6O2S/c1-13-5-6-14(28-13)10-22-19(27)17-16-4-2-3-8-26(16)18(24-17)15-11-25(12-23-15)20-21-7-9-29-20/h2-9,11-12H,10H2,1H3,(H,22,27). The largest absolute Gasteiger partial charge is 0.465 e. The Hall–Kier alpha value is -3.72. The minimum atomic E-state index is -0.270. The van der Waals surface area contributed by atoms with Gasteiger partial charge < -0.3 is 9.73 Å². The SMILES string of the molecule is Cc1ccc(CNC(=O)c2nc(-c3cn(-c4nccs4)cn3)n3ccccc23)o1. The van der Waals surface area contributed by atoms with Gasteiger partial charge in [0.05, 0.1) is 12.1 Å². The fourth-order valence-electron chi connectivity index (χ4n) is 3.10. The summed E-state index contributed by atoms with van der Waals surface area (Å²) in [5.41, 5.74) is 1.70. The van der Waals surface area contributed by atoms with Gasteiger partial charge in [0.2, 0.25) is 0 Å². The zero-order chi connectivity index (χ0) is 19.8. The summed E-state index contributed by atoms with van der Waals surface area (Å²) in [6, 6.07) is 9.34. The van der Waals surface area contributed by atoms with Gasteiger partial charge in [0.15, 0.2) is 16.6 Å². The minimum absolute atomic E-state index is 0.270. The van der Waals surface area contributed by atoms with Crippen molar-refractivity contribution in [2.24, 2.45) is 0 Å². The van der Waals surface area contributed by atoms with Crippen molar-refractivity contribution >= 4 is 22.8 Å². The van der Waals surface area contributed by atoms with Gasteiger partial charge in [0.1, 0.15) is 23.5 Å². The fraction of sp³-hybridized carbons (Fsp3) is 0.100. The van der Waals surface area contributed by atoms with Crippen molar-refractivity contribution in [2.45, 2.75) is 13.5 Å². The van der Waals surface area contributed by atoms with E-state index in [4.69, 9.17) is 4.42 Å². The summed E-state index contributed by atoms with van der Waals surface area (Å²) in [6.45, 7) is 2.16. The number of pyridine rings is 1. The summed E-state index contributed by atoms with van der Waals surface area (Å²) in [4.78, 5) is 26.2. The highest BCUT2D eigenvalue weighted by Gasteiger charge is 2.20. The Balaban J connectivity index is 1.49. The minimum Gasteiger partial charge on any atom is -0.465 e. The summed E-state index contributed by atoms with van der Waals surface area (Å²) < 4.78 is 9.21. The van der Waals surface area contributed by atoms with E-state index in [-0.39, 0.29) is 5.91 Å². The number of fused-ring (bicyclic) bond motifs is 1. The fourth-order valence-corrected chi connectivity index (χ4v) is 3.69. The van der Waals surface area contributed by atoms with Gasteiger partial charge >= 0.3 is 0 Å². The van der Waals surface area contributed by atoms with Crippen molar-refractivity contribution in [2.75, 3.05) is 0 Å². The van der Waals surface area contributed by atoms with Gasteiger partial charge in [-0.2, -0.15) is 0 Å². The van der Waals surface area contributed by atoms with Crippen molar-refractivity contribution in [3.05, 3.63) is 77.8 Å². The Labute approximate surface area is 169 Å². The molecule has 1 N–H and O–H groups in total. The van der Waals surface area contributed by atoms with Crippen LogP contribution in [0, 0.1) is 6.92 Å². The van der Waals surface area contributed by atoms with Crippen LogP contribution in [0.5, 0.6) is 0 Å². The summed E-state index contributed by atoms with van der Waals surface area (Å²) in [6.07, 6.45) is 7.16. The van der Waals surface area contributed by atoms with E-state index < -0.39 is 0 Å². The highest BCUT2D eigenvalue weighted by molar-refractivity contribution is 7.12. The lowest BCUT2D eigenvalue weighted by atomic mass is 10.3. The van der Waals surface area contributed by atoms with Gasteiger partial charge in [0, 0.05) is 24.0 Å². The smallest absolute Gasteiger partial charge is 0.272 e. The van der Waals surface area contributed by atoms with E-state index in [2.05, 4.69) is 20.3 Å². The third-order valence-corrected chi connectivity index (χ3v) is 5.22. The highest BCUT2D eigenvalue weighted by Crippen LogP contribution is 2.23. The molecule has 0 saturated heterocycles. The van der Waals surface area contributed by atoms with Crippen LogP contribution in [0.3, 0.4) is 0 Å². The van der Waals surface area contributed by atoms with Crippen molar-refractivity contribution in [1.29, 1.82) is 0 Å². The molecule has 8 nitrogen and oxygen atoms in total. The number of imidazole rings is 2. The van der Waals surface area contributed by atoms with Crippen LogP contribution in [0.4, 0.5) is 0 Å². The van der Waals surface area contributed by atoms with E-state index in [1.165, 1.54) is 11.3 Å². The van der Waals surface area contributed by atoms with Crippen molar-refractivity contribution in [3.63, 3.8) is 0 Å². The third kappa shape index (κ3) is 3.21. The molecule has 5 heterocycles. The predicted octanol–water partition coefficient (Wildman–Crippen LogP) is 3.47. The Morgan fingerprint density at radius 2 is 2.17 bits per heavy atom. The molecule has 1 amide bonds. The van der Waals surface area contributed by atoms with Crippen molar-refractivity contribution in [3.8, 4) is 16.6 Å². The van der Waals surface area contributed by atoms with Crippen LogP contribution in [0.25, 0.3) is 22.2 Å². The van der Waals surface area contributed by atoms with Crippen LogP contribution in [-0.2, 0) is 6.54 Å². The number of rotatable bonds is 5. The van der Waals surface area contributed by atoms with Gasteiger partial charge in [0.25, 0.3) is 5.91 Å². The quantitative estimate of drug-likeness (QED) is 0.484. The number of hydrogen-bond acceptors (Lipinski definition) is 6. The average Bonchev–Trinajstić information content (AvgIpc) is 3.51. The summed E-state index contributed by atoms with van der Waals surface area (Å²) in [5.74, 6) is 1.82. The Morgan fingerprint density at radius 1 is 1.24 bits per heavy atom. The molecule has 0 fully saturated rings. The molecule has 9 heteroatoms. The lowest BCUT2D eigenvalue weighted by Gasteiger charge is -2.01. The lowest BCUT2D eigenvalue weighted by molar-refractivity contribution is 0.0945. The summed E-state index contributed by atoms with van der Waals surface area (Å²) in [7, 11) is 0. The highest BCUT2D eigenvalue weighted by atomic mass is 32.1. The first kappa shape index (κ1) is 17.4. The van der Waals surface area contributed by atoms with Crippen LogP contribution in [0.1, 0.15) is 22.0 Å². The normalized spacial score (nSPS) is 11.2. The zero-order valence-corrected chi connectivity index (χ0v) is 16.3. The molecular weight excluding hydrogens is 388 g/mol. The van der Waals surface area contributed by atoms with E-state index >= 15 is 0 Å². The van der Waals surface area contributed by atoms with E-state index in [1.807, 2.05) is 64.0 Å². The second kappa shape index (κ2) is 7.02. The second-order valence-corrected chi connectivity index (χ2v) is 7.29. The van der Waals surface area contributed by atoms with Gasteiger partial charge in [-0.1, -0.05) is 6.07 Å². The first-order chi connectivity index (χ1) is 14.2. The number of aryl methyl sites for hydroxylation is 1. The molecule has 5 rings (SSSR count). The van der Waals surface area contributed by atoms with Crippen LogP contribution in [0.2, 0.25) is 0 Å². The number of aromatic nitrogens is 5. The van der Waals surface area contributed by atoms with Crippen molar-refractivity contribution < 1.29 is 9.21 Å². The van der Waals surface area contributed by atoms with E-state index in [0.717, 1.165) is 10.9 Å². The van der Waals surface area contributed by atoms with Crippen LogP contribution >= 0.6 is 11.3 Å². The molecule has 0 radical (unpaired) electrons. The molecule has 0 bridgehead atoms. The number of carbonyl (C=O) groups is 1. The molecule has 0 atom stereocenters. The molecule has 29 heavy (non-hydrogen) atoms. The summed E-state index contributed by atoms with van der Waals surface area (Å²) in [5, 5.41) is 5.59. The Kier molecular flexibility index (Phi) is 4.21. The van der Waals surface area contributed by atoms with Gasteiger partial charge in [-0.05, 0) is 31.2 Å². The number of carbonyl (C=O) groups excluding carboxylic acids is 1. The molecule has 0 aliphatic heterocycles. The first-order valence-electron chi connectivity index (χ1n) is 8.94. The van der Waals surface area contributed by atoms with Crippen molar-refractivity contribution in [1.82, 2.24) is 29.2 Å². The number of amides is 1. The van der Waals surface area contributed by atoms with Gasteiger partial charge in [-0.15, -0.1) is 11.3 Å². The van der Waals surface area contributed by atoms with E-state index in [1.54, 1.807) is 12.5 Å². The molecule has 0 aliphatic carbocycles. The molecule has 5 aromatic heterocycles. The zero-order valence-electron chi connectivity index (χ0n) is 15.4. The topological polar surface area (TPSA) is 90.2 Å².